The Hall–Kier alpha value is -2.08. The molecule has 0 saturated heterocycles. The Morgan fingerprint density at radius 1 is 1.25 bits per heavy atom. The lowest BCUT2D eigenvalue weighted by Gasteiger charge is -2.15. The lowest BCUT2D eigenvalue weighted by atomic mass is 9.97. The zero-order valence-corrected chi connectivity index (χ0v) is 14.6. The van der Waals surface area contributed by atoms with Crippen molar-refractivity contribution in [1.82, 2.24) is 4.98 Å². The standard InChI is InChI=1S/C18H22N2O3S/c1-24(21,22)13-15-6-7-18(20-12-15)19-11-14-8-9-23-17-5-3-2-4-16(17)10-14/h2-7,12,14H,8-11,13H2,1H3,(H,19,20)/t14-/m0/s1. The van der Waals surface area contributed by atoms with E-state index in [4.69, 9.17) is 4.74 Å². The quantitative estimate of drug-likeness (QED) is 0.901. The summed E-state index contributed by atoms with van der Waals surface area (Å²) in [6, 6.07) is 11.8. The highest BCUT2D eigenvalue weighted by molar-refractivity contribution is 7.89. The molecule has 1 aliphatic heterocycles. The summed E-state index contributed by atoms with van der Waals surface area (Å²) in [5, 5.41) is 3.35. The molecule has 6 heteroatoms. The van der Waals surface area contributed by atoms with Crippen molar-refractivity contribution < 1.29 is 13.2 Å². The normalized spacial score (nSPS) is 17.5. The first-order valence-electron chi connectivity index (χ1n) is 8.07. The van der Waals surface area contributed by atoms with Crippen LogP contribution in [0.4, 0.5) is 5.82 Å². The Morgan fingerprint density at radius 3 is 2.83 bits per heavy atom. The minimum atomic E-state index is -3.03. The van der Waals surface area contributed by atoms with Crippen LogP contribution in [0.5, 0.6) is 5.75 Å². The molecule has 0 unspecified atom stereocenters. The van der Waals surface area contributed by atoms with Gasteiger partial charge in [-0.25, -0.2) is 13.4 Å². The van der Waals surface area contributed by atoms with Gasteiger partial charge >= 0.3 is 0 Å². The van der Waals surface area contributed by atoms with Crippen LogP contribution in [-0.4, -0.2) is 32.8 Å². The van der Waals surface area contributed by atoms with E-state index < -0.39 is 9.84 Å². The number of hydrogen-bond donors (Lipinski definition) is 1. The van der Waals surface area contributed by atoms with Crippen LogP contribution in [0.25, 0.3) is 0 Å². The number of fused-ring (bicyclic) bond motifs is 1. The van der Waals surface area contributed by atoms with Gasteiger partial charge in [-0.2, -0.15) is 0 Å². The number of anilines is 1. The molecule has 2 heterocycles. The van der Waals surface area contributed by atoms with Crippen LogP contribution in [0.15, 0.2) is 42.6 Å². The van der Waals surface area contributed by atoms with Gasteiger partial charge in [0.1, 0.15) is 11.6 Å². The van der Waals surface area contributed by atoms with E-state index in [9.17, 15) is 8.42 Å². The van der Waals surface area contributed by atoms with Crippen molar-refractivity contribution in [3.63, 3.8) is 0 Å². The summed E-state index contributed by atoms with van der Waals surface area (Å²) in [5.41, 5.74) is 1.96. The number of nitrogens with zero attached hydrogens (tertiary/aromatic N) is 1. The van der Waals surface area contributed by atoms with Crippen LogP contribution in [0.2, 0.25) is 0 Å². The predicted octanol–water partition coefficient (Wildman–Crippen LogP) is 2.68. The molecule has 5 nitrogen and oxygen atoms in total. The zero-order chi connectivity index (χ0) is 17.0. The van der Waals surface area contributed by atoms with Crippen LogP contribution >= 0.6 is 0 Å². The fourth-order valence-electron chi connectivity index (χ4n) is 2.90. The summed E-state index contributed by atoms with van der Waals surface area (Å²) in [4.78, 5) is 4.31. The Labute approximate surface area is 143 Å². The Morgan fingerprint density at radius 2 is 2.08 bits per heavy atom. The van der Waals surface area contributed by atoms with Gasteiger partial charge in [-0.15, -0.1) is 0 Å². The van der Waals surface area contributed by atoms with Crippen molar-refractivity contribution in [3.05, 3.63) is 53.7 Å². The molecule has 0 amide bonds. The molecule has 2 aromatic rings. The van der Waals surface area contributed by atoms with Gasteiger partial charge < -0.3 is 10.1 Å². The molecule has 1 N–H and O–H groups in total. The van der Waals surface area contributed by atoms with E-state index in [0.717, 1.165) is 37.6 Å². The first kappa shape index (κ1) is 16.8. The summed E-state index contributed by atoms with van der Waals surface area (Å²) < 4.78 is 28.4. The maximum Gasteiger partial charge on any atom is 0.151 e. The summed E-state index contributed by atoms with van der Waals surface area (Å²) in [7, 11) is -3.03. The lowest BCUT2D eigenvalue weighted by Crippen LogP contribution is -2.18. The molecule has 1 aromatic carbocycles. The minimum Gasteiger partial charge on any atom is -0.493 e. The van der Waals surface area contributed by atoms with Crippen molar-refractivity contribution in [1.29, 1.82) is 0 Å². The van der Waals surface area contributed by atoms with E-state index >= 15 is 0 Å². The molecule has 128 valence electrons. The topological polar surface area (TPSA) is 68.3 Å². The Balaban J connectivity index is 1.58. The molecule has 0 aliphatic carbocycles. The smallest absolute Gasteiger partial charge is 0.151 e. The first-order valence-corrected chi connectivity index (χ1v) is 10.1. The summed E-state index contributed by atoms with van der Waals surface area (Å²) >= 11 is 0. The average molecular weight is 346 g/mol. The van der Waals surface area contributed by atoms with E-state index in [2.05, 4.69) is 16.4 Å². The van der Waals surface area contributed by atoms with Gasteiger partial charge in [-0.3, -0.25) is 0 Å². The van der Waals surface area contributed by atoms with Crippen molar-refractivity contribution in [2.75, 3.05) is 24.7 Å². The van der Waals surface area contributed by atoms with Crippen LogP contribution in [0, 0.1) is 5.92 Å². The number of ether oxygens (including phenoxy) is 1. The van der Waals surface area contributed by atoms with Gasteiger partial charge in [-0.1, -0.05) is 24.3 Å². The maximum absolute atomic E-state index is 11.3. The van der Waals surface area contributed by atoms with E-state index in [1.807, 2.05) is 30.3 Å². The number of benzene rings is 1. The molecule has 24 heavy (non-hydrogen) atoms. The van der Waals surface area contributed by atoms with Gasteiger partial charge in [0.2, 0.25) is 0 Å². The number of para-hydroxylation sites is 1. The molecule has 0 radical (unpaired) electrons. The zero-order valence-electron chi connectivity index (χ0n) is 13.7. The molecule has 0 spiro atoms. The summed E-state index contributed by atoms with van der Waals surface area (Å²) in [6.45, 7) is 1.54. The molecule has 0 bridgehead atoms. The number of aromatic nitrogens is 1. The van der Waals surface area contributed by atoms with Crippen molar-refractivity contribution in [2.24, 2.45) is 5.92 Å². The molecular formula is C18H22N2O3S. The highest BCUT2D eigenvalue weighted by Crippen LogP contribution is 2.26. The monoisotopic (exact) mass is 346 g/mol. The second-order valence-electron chi connectivity index (χ2n) is 6.32. The number of sulfone groups is 1. The Kier molecular flexibility index (Phi) is 5.04. The van der Waals surface area contributed by atoms with Crippen molar-refractivity contribution in [3.8, 4) is 5.75 Å². The second-order valence-corrected chi connectivity index (χ2v) is 8.46. The van der Waals surface area contributed by atoms with E-state index in [1.54, 1.807) is 6.20 Å². The van der Waals surface area contributed by atoms with E-state index in [-0.39, 0.29) is 5.75 Å². The molecule has 0 saturated carbocycles. The van der Waals surface area contributed by atoms with Crippen LogP contribution in [0.3, 0.4) is 0 Å². The summed E-state index contributed by atoms with van der Waals surface area (Å²) in [6.07, 6.45) is 4.82. The first-order chi connectivity index (χ1) is 11.5. The number of hydrogen-bond acceptors (Lipinski definition) is 5. The number of rotatable bonds is 5. The molecule has 0 fully saturated rings. The molecule has 3 rings (SSSR count). The van der Waals surface area contributed by atoms with E-state index in [0.29, 0.717) is 11.5 Å². The second kappa shape index (κ2) is 7.21. The highest BCUT2D eigenvalue weighted by atomic mass is 32.2. The van der Waals surface area contributed by atoms with E-state index in [1.165, 1.54) is 11.8 Å². The molecule has 1 atom stereocenters. The fraction of sp³-hybridized carbons (Fsp3) is 0.389. The fourth-order valence-corrected chi connectivity index (χ4v) is 3.68. The van der Waals surface area contributed by atoms with Crippen LogP contribution in [0.1, 0.15) is 17.5 Å². The van der Waals surface area contributed by atoms with Crippen molar-refractivity contribution in [2.45, 2.75) is 18.6 Å². The maximum atomic E-state index is 11.3. The molecule has 1 aromatic heterocycles. The van der Waals surface area contributed by atoms with Gasteiger partial charge in [-0.05, 0) is 42.0 Å². The SMILES string of the molecule is CS(=O)(=O)Cc1ccc(NC[C@H]2CCOc3ccccc3C2)nc1. The number of nitrogens with one attached hydrogen (secondary N) is 1. The average Bonchev–Trinajstić information content (AvgIpc) is 2.74. The molecule has 1 aliphatic rings. The van der Waals surface area contributed by atoms with Crippen LogP contribution < -0.4 is 10.1 Å². The van der Waals surface area contributed by atoms with Gasteiger partial charge in [0, 0.05) is 19.0 Å². The van der Waals surface area contributed by atoms with Gasteiger partial charge in [0.25, 0.3) is 0 Å². The predicted molar refractivity (Wildman–Crippen MR) is 95.0 cm³/mol. The largest absolute Gasteiger partial charge is 0.493 e. The van der Waals surface area contributed by atoms with Gasteiger partial charge in [0.05, 0.1) is 12.4 Å². The number of pyridine rings is 1. The molecular weight excluding hydrogens is 324 g/mol. The van der Waals surface area contributed by atoms with Gasteiger partial charge in [0.15, 0.2) is 9.84 Å². The summed E-state index contributed by atoms with van der Waals surface area (Å²) in [5.74, 6) is 2.26. The van der Waals surface area contributed by atoms with Crippen LogP contribution in [-0.2, 0) is 22.0 Å². The van der Waals surface area contributed by atoms with Crippen molar-refractivity contribution >= 4 is 15.7 Å². The third-order valence-electron chi connectivity index (χ3n) is 4.09. The third-order valence-corrected chi connectivity index (χ3v) is 4.95. The highest BCUT2D eigenvalue weighted by Gasteiger charge is 2.17. The third kappa shape index (κ3) is 4.71. The lowest BCUT2D eigenvalue weighted by molar-refractivity contribution is 0.298. The Bertz CT molecular complexity index is 788. The minimum absolute atomic E-state index is 0.0248.